The molecule has 1 N–H and O–H groups in total. The molecule has 1 fully saturated rings. The fourth-order valence-electron chi connectivity index (χ4n) is 1.92. The lowest BCUT2D eigenvalue weighted by Crippen LogP contribution is -2.28. The van der Waals surface area contributed by atoms with E-state index in [0.717, 1.165) is 11.8 Å². The van der Waals surface area contributed by atoms with Crippen LogP contribution < -0.4 is 5.32 Å². The van der Waals surface area contributed by atoms with Gasteiger partial charge in [0.15, 0.2) is 0 Å². The molecule has 0 amide bonds. The van der Waals surface area contributed by atoms with Crippen molar-refractivity contribution >= 4 is 11.8 Å². The van der Waals surface area contributed by atoms with E-state index in [-0.39, 0.29) is 0 Å². The van der Waals surface area contributed by atoms with Crippen LogP contribution in [0.3, 0.4) is 0 Å². The van der Waals surface area contributed by atoms with Crippen molar-refractivity contribution < 1.29 is 4.74 Å². The van der Waals surface area contributed by atoms with Gasteiger partial charge in [0.2, 0.25) is 0 Å². The van der Waals surface area contributed by atoms with Gasteiger partial charge in [-0.1, -0.05) is 31.2 Å². The molecular weight excluding hydrogens is 218 g/mol. The highest BCUT2D eigenvalue weighted by Crippen LogP contribution is 2.34. The Morgan fingerprint density at radius 3 is 2.75 bits per heavy atom. The average Bonchev–Trinajstić information content (AvgIpc) is 2.30. The summed E-state index contributed by atoms with van der Waals surface area (Å²) in [4.78, 5) is 0. The first-order valence-corrected chi connectivity index (χ1v) is 6.70. The Bertz CT molecular complexity index is 325. The molecule has 16 heavy (non-hydrogen) atoms. The zero-order valence-corrected chi connectivity index (χ0v) is 10.7. The van der Waals surface area contributed by atoms with Crippen LogP contribution in [0.5, 0.6) is 0 Å². The number of methoxy groups -OCH3 is 1. The average molecular weight is 237 g/mol. The van der Waals surface area contributed by atoms with Gasteiger partial charge in [-0.15, -0.1) is 11.8 Å². The molecule has 1 aliphatic heterocycles. The molecule has 0 bridgehead atoms. The van der Waals surface area contributed by atoms with Crippen LogP contribution in [0.1, 0.15) is 29.8 Å². The van der Waals surface area contributed by atoms with Crippen molar-refractivity contribution in [3.05, 3.63) is 35.4 Å². The quantitative estimate of drug-likeness (QED) is 0.873. The van der Waals surface area contributed by atoms with Gasteiger partial charge in [0.1, 0.15) is 0 Å². The number of nitrogens with one attached hydrogen (secondary N) is 1. The van der Waals surface area contributed by atoms with E-state index in [0.29, 0.717) is 12.0 Å². The highest BCUT2D eigenvalue weighted by atomic mass is 32.2. The van der Waals surface area contributed by atoms with Crippen molar-refractivity contribution in [2.75, 3.05) is 13.7 Å². The maximum atomic E-state index is 5.11. The third-order valence-electron chi connectivity index (χ3n) is 2.84. The van der Waals surface area contributed by atoms with Crippen LogP contribution in [0.4, 0.5) is 0 Å². The first-order chi connectivity index (χ1) is 7.79. The summed E-state index contributed by atoms with van der Waals surface area (Å²) in [5, 5.41) is 4.76. The molecule has 0 saturated carbocycles. The lowest BCUT2D eigenvalue weighted by Gasteiger charge is -2.28. The summed E-state index contributed by atoms with van der Waals surface area (Å²) in [6.07, 6.45) is 1.27. The second-order valence-corrected chi connectivity index (χ2v) is 5.79. The van der Waals surface area contributed by atoms with E-state index in [1.54, 1.807) is 7.11 Å². The number of thioether (sulfide) groups is 1. The number of hydrogen-bond acceptors (Lipinski definition) is 3. The first-order valence-electron chi connectivity index (χ1n) is 5.76. The SMILES string of the molecule is COCc1ccc(C2NCCC(C)S2)cc1. The van der Waals surface area contributed by atoms with Crippen LogP contribution in [0.15, 0.2) is 24.3 Å². The lowest BCUT2D eigenvalue weighted by atomic mass is 10.1. The zero-order valence-electron chi connectivity index (χ0n) is 9.90. The fourth-order valence-corrected chi connectivity index (χ4v) is 3.16. The van der Waals surface area contributed by atoms with E-state index < -0.39 is 0 Å². The predicted octanol–water partition coefficient (Wildman–Crippen LogP) is 2.95. The van der Waals surface area contributed by atoms with Crippen LogP contribution in [0, 0.1) is 0 Å². The van der Waals surface area contributed by atoms with Crippen LogP contribution in [-0.4, -0.2) is 18.9 Å². The maximum absolute atomic E-state index is 5.11. The normalized spacial score (nSPS) is 25.6. The second-order valence-electron chi connectivity index (χ2n) is 4.24. The Labute approximate surface area is 102 Å². The molecule has 0 spiro atoms. The van der Waals surface area contributed by atoms with E-state index in [4.69, 9.17) is 4.74 Å². The predicted molar refractivity (Wildman–Crippen MR) is 69.6 cm³/mol. The molecule has 88 valence electrons. The van der Waals surface area contributed by atoms with E-state index in [1.165, 1.54) is 17.5 Å². The van der Waals surface area contributed by atoms with Gasteiger partial charge < -0.3 is 10.1 Å². The molecule has 1 aliphatic rings. The standard InChI is InChI=1S/C13H19NOS/c1-10-7-8-14-13(16-10)12-5-3-11(4-6-12)9-15-2/h3-6,10,13-14H,7-9H2,1-2H3. The minimum absolute atomic E-state index is 0.459. The van der Waals surface area contributed by atoms with Gasteiger partial charge in [0.05, 0.1) is 12.0 Å². The summed E-state index contributed by atoms with van der Waals surface area (Å²) in [6.45, 7) is 4.12. The molecule has 2 atom stereocenters. The van der Waals surface area contributed by atoms with Gasteiger partial charge in [-0.05, 0) is 24.1 Å². The maximum Gasteiger partial charge on any atom is 0.0792 e. The molecule has 0 aliphatic carbocycles. The highest BCUT2D eigenvalue weighted by molar-refractivity contribution is 8.00. The molecule has 2 nitrogen and oxygen atoms in total. The minimum Gasteiger partial charge on any atom is -0.380 e. The second kappa shape index (κ2) is 5.71. The van der Waals surface area contributed by atoms with Crippen LogP contribution >= 0.6 is 11.8 Å². The van der Waals surface area contributed by atoms with Crippen LogP contribution in [0.25, 0.3) is 0 Å². The topological polar surface area (TPSA) is 21.3 Å². The van der Waals surface area contributed by atoms with Crippen molar-refractivity contribution in [2.24, 2.45) is 0 Å². The van der Waals surface area contributed by atoms with E-state index in [2.05, 4.69) is 36.5 Å². The van der Waals surface area contributed by atoms with Crippen LogP contribution in [0.2, 0.25) is 0 Å². The molecule has 3 heteroatoms. The summed E-state index contributed by atoms with van der Waals surface area (Å²) >= 11 is 2.02. The van der Waals surface area contributed by atoms with Crippen molar-refractivity contribution in [3.63, 3.8) is 0 Å². The Kier molecular flexibility index (Phi) is 4.27. The third kappa shape index (κ3) is 3.00. The van der Waals surface area contributed by atoms with Crippen molar-refractivity contribution in [1.82, 2.24) is 5.32 Å². The third-order valence-corrected chi connectivity index (χ3v) is 4.25. The van der Waals surface area contributed by atoms with Crippen molar-refractivity contribution in [1.29, 1.82) is 0 Å². The number of rotatable bonds is 3. The van der Waals surface area contributed by atoms with Gasteiger partial charge in [-0.25, -0.2) is 0 Å². The Hall–Kier alpha value is -0.510. The number of hydrogen-bond donors (Lipinski definition) is 1. The summed E-state index contributed by atoms with van der Waals surface area (Å²) in [7, 11) is 1.73. The van der Waals surface area contributed by atoms with Gasteiger partial charge in [0, 0.05) is 12.4 Å². The van der Waals surface area contributed by atoms with E-state index >= 15 is 0 Å². The van der Waals surface area contributed by atoms with Gasteiger partial charge >= 0.3 is 0 Å². The summed E-state index contributed by atoms with van der Waals surface area (Å²) in [5.41, 5.74) is 2.61. The molecule has 1 saturated heterocycles. The molecule has 0 aromatic heterocycles. The summed E-state index contributed by atoms with van der Waals surface area (Å²) < 4.78 is 5.11. The highest BCUT2D eigenvalue weighted by Gasteiger charge is 2.19. The van der Waals surface area contributed by atoms with E-state index in [9.17, 15) is 0 Å². The monoisotopic (exact) mass is 237 g/mol. The van der Waals surface area contributed by atoms with Gasteiger partial charge in [-0.3, -0.25) is 0 Å². The van der Waals surface area contributed by atoms with Crippen molar-refractivity contribution in [3.8, 4) is 0 Å². The largest absolute Gasteiger partial charge is 0.380 e. The number of benzene rings is 1. The minimum atomic E-state index is 0.459. The Morgan fingerprint density at radius 1 is 1.38 bits per heavy atom. The van der Waals surface area contributed by atoms with Crippen molar-refractivity contribution in [2.45, 2.75) is 30.6 Å². The van der Waals surface area contributed by atoms with Crippen LogP contribution in [-0.2, 0) is 11.3 Å². The van der Waals surface area contributed by atoms with Gasteiger partial charge in [-0.2, -0.15) is 0 Å². The first kappa shape index (κ1) is 12.0. The molecule has 0 radical (unpaired) electrons. The summed E-state index contributed by atoms with van der Waals surface area (Å²) in [6, 6.07) is 8.72. The molecular formula is C13H19NOS. The molecule has 1 aromatic carbocycles. The Balaban J connectivity index is 2.03. The van der Waals surface area contributed by atoms with Gasteiger partial charge in [0.25, 0.3) is 0 Å². The Morgan fingerprint density at radius 2 is 2.12 bits per heavy atom. The van der Waals surface area contributed by atoms with E-state index in [1.807, 2.05) is 11.8 Å². The lowest BCUT2D eigenvalue weighted by molar-refractivity contribution is 0.185. The zero-order chi connectivity index (χ0) is 11.4. The molecule has 2 rings (SSSR count). The molecule has 1 aromatic rings. The molecule has 1 heterocycles. The molecule has 2 unspecified atom stereocenters. The summed E-state index contributed by atoms with van der Waals surface area (Å²) in [5.74, 6) is 0. The smallest absolute Gasteiger partial charge is 0.0792 e. The fraction of sp³-hybridized carbons (Fsp3) is 0.538. The number of ether oxygens (including phenoxy) is 1.